The van der Waals surface area contributed by atoms with Gasteiger partial charge in [0.15, 0.2) is 9.84 Å². The first kappa shape index (κ1) is 14.3. The second kappa shape index (κ2) is 6.26. The van der Waals surface area contributed by atoms with E-state index in [1.165, 1.54) is 0 Å². The van der Waals surface area contributed by atoms with Crippen molar-refractivity contribution in [3.8, 4) is 0 Å². The van der Waals surface area contributed by atoms with Crippen LogP contribution in [0.4, 0.5) is 0 Å². The third kappa shape index (κ3) is 3.93. The fourth-order valence-corrected chi connectivity index (χ4v) is 4.51. The third-order valence-corrected chi connectivity index (χ3v) is 6.66. The standard InChI is InChI=1S/C11H23NO2S2/c1-4-12-11-8-15-7-10(11)5-6-16(13,14)9(2)3/h9-12H,4-8H2,1-3H3. The van der Waals surface area contributed by atoms with Crippen molar-refractivity contribution in [2.45, 2.75) is 38.5 Å². The van der Waals surface area contributed by atoms with Gasteiger partial charge in [0.25, 0.3) is 0 Å². The molecule has 1 saturated heterocycles. The van der Waals surface area contributed by atoms with E-state index < -0.39 is 9.84 Å². The summed E-state index contributed by atoms with van der Waals surface area (Å²) in [5.74, 6) is 3.10. The summed E-state index contributed by atoms with van der Waals surface area (Å²) in [6, 6.07) is 0.511. The minimum Gasteiger partial charge on any atom is -0.313 e. The van der Waals surface area contributed by atoms with E-state index in [0.29, 0.717) is 17.7 Å². The summed E-state index contributed by atoms with van der Waals surface area (Å²) in [5, 5.41) is 3.21. The quantitative estimate of drug-likeness (QED) is 0.791. The van der Waals surface area contributed by atoms with Crippen LogP contribution in [0.2, 0.25) is 0 Å². The highest BCUT2D eigenvalue weighted by Gasteiger charge is 2.28. The molecule has 0 spiro atoms. The molecular weight excluding hydrogens is 242 g/mol. The lowest BCUT2D eigenvalue weighted by atomic mass is 10.0. The highest BCUT2D eigenvalue weighted by molar-refractivity contribution is 7.99. The zero-order valence-electron chi connectivity index (χ0n) is 10.4. The summed E-state index contributed by atoms with van der Waals surface area (Å²) >= 11 is 1.93. The third-order valence-electron chi connectivity index (χ3n) is 3.16. The van der Waals surface area contributed by atoms with Crippen LogP contribution in [-0.4, -0.2) is 43.5 Å². The first-order valence-corrected chi connectivity index (χ1v) is 8.87. The van der Waals surface area contributed by atoms with Crippen molar-refractivity contribution in [3.05, 3.63) is 0 Å². The summed E-state index contributed by atoms with van der Waals surface area (Å²) in [6.45, 7) is 6.60. The molecule has 96 valence electrons. The lowest BCUT2D eigenvalue weighted by Crippen LogP contribution is -2.36. The molecule has 0 aromatic carbocycles. The van der Waals surface area contributed by atoms with Gasteiger partial charge in [-0.1, -0.05) is 6.92 Å². The number of sulfone groups is 1. The smallest absolute Gasteiger partial charge is 0.152 e. The minimum atomic E-state index is -2.86. The Kier molecular flexibility index (Phi) is 5.61. The second-order valence-electron chi connectivity index (χ2n) is 4.67. The average molecular weight is 265 g/mol. The van der Waals surface area contributed by atoms with Gasteiger partial charge >= 0.3 is 0 Å². The van der Waals surface area contributed by atoms with Gasteiger partial charge in [-0.15, -0.1) is 0 Å². The van der Waals surface area contributed by atoms with Crippen molar-refractivity contribution in [1.29, 1.82) is 0 Å². The predicted octanol–water partition coefficient (Wildman–Crippen LogP) is 1.54. The van der Waals surface area contributed by atoms with Crippen LogP contribution in [0.3, 0.4) is 0 Å². The Morgan fingerprint density at radius 2 is 2.06 bits per heavy atom. The van der Waals surface area contributed by atoms with Crippen LogP contribution in [0.5, 0.6) is 0 Å². The monoisotopic (exact) mass is 265 g/mol. The van der Waals surface area contributed by atoms with Crippen molar-refractivity contribution >= 4 is 21.6 Å². The molecule has 0 aromatic rings. The normalized spacial score (nSPS) is 26.5. The van der Waals surface area contributed by atoms with Crippen molar-refractivity contribution in [2.24, 2.45) is 5.92 Å². The van der Waals surface area contributed by atoms with E-state index in [1.54, 1.807) is 13.8 Å². The molecular formula is C11H23NO2S2. The summed E-state index contributed by atoms with van der Waals surface area (Å²) in [5.41, 5.74) is 0. The molecule has 0 radical (unpaired) electrons. The van der Waals surface area contributed by atoms with E-state index in [4.69, 9.17) is 0 Å². The lowest BCUT2D eigenvalue weighted by Gasteiger charge is -2.19. The van der Waals surface area contributed by atoms with Crippen LogP contribution in [0, 0.1) is 5.92 Å². The van der Waals surface area contributed by atoms with Gasteiger partial charge in [-0.25, -0.2) is 8.42 Å². The number of hydrogen-bond acceptors (Lipinski definition) is 4. The molecule has 0 aliphatic carbocycles. The molecule has 1 aliphatic heterocycles. The van der Waals surface area contributed by atoms with Gasteiger partial charge in [-0.05, 0) is 38.5 Å². The Bertz CT molecular complexity index is 301. The summed E-state index contributed by atoms with van der Waals surface area (Å²) < 4.78 is 23.4. The molecule has 0 aromatic heterocycles. The Hall–Kier alpha value is 0.260. The number of thioether (sulfide) groups is 1. The number of rotatable bonds is 6. The topological polar surface area (TPSA) is 46.2 Å². The van der Waals surface area contributed by atoms with E-state index in [0.717, 1.165) is 24.5 Å². The molecule has 2 unspecified atom stereocenters. The van der Waals surface area contributed by atoms with Gasteiger partial charge in [0.1, 0.15) is 0 Å². The van der Waals surface area contributed by atoms with Crippen molar-refractivity contribution in [1.82, 2.24) is 5.32 Å². The Labute approximate surface area is 104 Å². The Balaban J connectivity index is 2.43. The van der Waals surface area contributed by atoms with Crippen LogP contribution in [0.1, 0.15) is 27.2 Å². The Morgan fingerprint density at radius 3 is 2.62 bits per heavy atom. The molecule has 16 heavy (non-hydrogen) atoms. The van der Waals surface area contributed by atoms with E-state index in [1.807, 2.05) is 11.8 Å². The second-order valence-corrected chi connectivity index (χ2v) is 8.42. The largest absolute Gasteiger partial charge is 0.313 e. The maximum atomic E-state index is 11.7. The van der Waals surface area contributed by atoms with E-state index >= 15 is 0 Å². The van der Waals surface area contributed by atoms with Gasteiger partial charge in [-0.2, -0.15) is 11.8 Å². The van der Waals surface area contributed by atoms with Gasteiger partial charge in [-0.3, -0.25) is 0 Å². The molecule has 0 bridgehead atoms. The predicted molar refractivity (Wildman–Crippen MR) is 71.8 cm³/mol. The fraction of sp³-hybridized carbons (Fsp3) is 1.00. The molecule has 1 aliphatic rings. The van der Waals surface area contributed by atoms with Gasteiger partial charge in [0.05, 0.1) is 11.0 Å². The van der Waals surface area contributed by atoms with Crippen LogP contribution < -0.4 is 5.32 Å². The van der Waals surface area contributed by atoms with E-state index in [2.05, 4.69) is 12.2 Å². The van der Waals surface area contributed by atoms with Crippen LogP contribution in [0.15, 0.2) is 0 Å². The molecule has 1 heterocycles. The molecule has 1 fully saturated rings. The summed E-state index contributed by atoms with van der Waals surface area (Å²) in [7, 11) is -2.86. The van der Waals surface area contributed by atoms with Gasteiger partial charge in [0, 0.05) is 11.8 Å². The van der Waals surface area contributed by atoms with Gasteiger partial charge < -0.3 is 5.32 Å². The first-order valence-electron chi connectivity index (χ1n) is 6.00. The molecule has 3 nitrogen and oxygen atoms in total. The van der Waals surface area contributed by atoms with E-state index in [-0.39, 0.29) is 5.25 Å². The molecule has 5 heteroatoms. The van der Waals surface area contributed by atoms with Crippen LogP contribution in [0.25, 0.3) is 0 Å². The minimum absolute atomic E-state index is 0.237. The number of hydrogen-bond donors (Lipinski definition) is 1. The molecule has 0 saturated carbocycles. The summed E-state index contributed by atoms with van der Waals surface area (Å²) in [6.07, 6.45) is 0.811. The zero-order chi connectivity index (χ0) is 12.2. The number of nitrogens with one attached hydrogen (secondary N) is 1. The molecule has 2 atom stereocenters. The van der Waals surface area contributed by atoms with Crippen LogP contribution >= 0.6 is 11.8 Å². The Morgan fingerprint density at radius 1 is 1.38 bits per heavy atom. The maximum absolute atomic E-state index is 11.7. The van der Waals surface area contributed by atoms with Crippen molar-refractivity contribution in [2.75, 3.05) is 23.8 Å². The SMILES string of the molecule is CCNC1CSCC1CCS(=O)(=O)C(C)C. The molecule has 0 amide bonds. The molecule has 1 N–H and O–H groups in total. The fourth-order valence-electron chi connectivity index (χ4n) is 1.92. The van der Waals surface area contributed by atoms with Crippen LogP contribution in [-0.2, 0) is 9.84 Å². The lowest BCUT2D eigenvalue weighted by molar-refractivity contribution is 0.424. The van der Waals surface area contributed by atoms with Gasteiger partial charge in [0.2, 0.25) is 0 Å². The summed E-state index contributed by atoms with van der Waals surface area (Å²) in [4.78, 5) is 0. The maximum Gasteiger partial charge on any atom is 0.152 e. The average Bonchev–Trinajstić information content (AvgIpc) is 2.63. The molecule has 1 rings (SSSR count). The van der Waals surface area contributed by atoms with E-state index in [9.17, 15) is 8.42 Å². The highest BCUT2D eigenvalue weighted by Crippen LogP contribution is 2.27. The zero-order valence-corrected chi connectivity index (χ0v) is 12.0. The van der Waals surface area contributed by atoms with Crippen molar-refractivity contribution < 1.29 is 8.42 Å². The van der Waals surface area contributed by atoms with Crippen molar-refractivity contribution in [3.63, 3.8) is 0 Å². The first-order chi connectivity index (χ1) is 7.47. The highest BCUT2D eigenvalue weighted by atomic mass is 32.2.